The number of hydrogen-bond donors (Lipinski definition) is 1. The lowest BCUT2D eigenvalue weighted by molar-refractivity contribution is 0.446. The summed E-state index contributed by atoms with van der Waals surface area (Å²) >= 11 is 0. The van der Waals surface area contributed by atoms with Crippen molar-refractivity contribution in [2.75, 3.05) is 0 Å². The van der Waals surface area contributed by atoms with Crippen molar-refractivity contribution in [2.45, 2.75) is 32.0 Å². The Labute approximate surface area is 166 Å². The minimum Gasteiger partial charge on any atom is -0.364 e. The van der Waals surface area contributed by atoms with Gasteiger partial charge in [-0.3, -0.25) is 4.79 Å². The quantitative estimate of drug-likeness (QED) is 0.690. The normalized spacial score (nSPS) is 17.7. The molecule has 1 aliphatic rings. The van der Waals surface area contributed by atoms with E-state index in [1.165, 1.54) is 30.6 Å². The average molecular weight is 395 g/mol. The highest BCUT2D eigenvalue weighted by Gasteiger charge is 2.45. The van der Waals surface area contributed by atoms with E-state index in [2.05, 4.69) is 15.3 Å². The molecule has 0 aliphatic carbocycles. The van der Waals surface area contributed by atoms with Crippen LogP contribution in [0.3, 0.4) is 0 Å². The maximum Gasteiger partial charge on any atom is 0.250 e. The summed E-state index contributed by atoms with van der Waals surface area (Å²) in [5.41, 5.74) is 0.950. The van der Waals surface area contributed by atoms with Gasteiger partial charge in [0.2, 0.25) is 11.9 Å². The van der Waals surface area contributed by atoms with Crippen molar-refractivity contribution in [2.24, 2.45) is 4.99 Å². The lowest BCUT2D eigenvalue weighted by Crippen LogP contribution is -2.41. The maximum absolute atomic E-state index is 13.5. The lowest BCUT2D eigenvalue weighted by atomic mass is 9.80. The van der Waals surface area contributed by atoms with Gasteiger partial charge in [0.15, 0.2) is 0 Å². The van der Waals surface area contributed by atoms with Crippen LogP contribution in [0.4, 0.5) is 8.78 Å². The zero-order valence-corrected chi connectivity index (χ0v) is 15.9. The molecule has 0 saturated heterocycles. The zero-order valence-electron chi connectivity index (χ0n) is 15.9. The van der Waals surface area contributed by atoms with Crippen LogP contribution in [-0.4, -0.2) is 26.4 Å². The molecule has 29 heavy (non-hydrogen) atoms. The molecule has 0 unspecified atom stereocenters. The topological polar surface area (TPSA) is 72.2 Å². The van der Waals surface area contributed by atoms with Crippen molar-refractivity contribution >= 4 is 5.84 Å². The third-order valence-electron chi connectivity index (χ3n) is 5.20. The van der Waals surface area contributed by atoms with Crippen LogP contribution in [0.15, 0.2) is 64.8 Å². The molecule has 0 amide bonds. The molecule has 6 nitrogen and oxygen atoms in total. The van der Waals surface area contributed by atoms with Crippen LogP contribution in [0.1, 0.15) is 30.5 Å². The fraction of sp³-hybridized carbons (Fsp3) is 0.238. The number of halogens is 2. The zero-order chi connectivity index (χ0) is 20.6. The van der Waals surface area contributed by atoms with Crippen molar-refractivity contribution in [3.63, 3.8) is 0 Å². The largest absolute Gasteiger partial charge is 0.364 e. The van der Waals surface area contributed by atoms with Crippen molar-refractivity contribution < 1.29 is 8.78 Å². The van der Waals surface area contributed by atoms with E-state index in [0.29, 0.717) is 23.5 Å². The fourth-order valence-corrected chi connectivity index (χ4v) is 3.68. The first-order valence-corrected chi connectivity index (χ1v) is 9.25. The van der Waals surface area contributed by atoms with E-state index in [0.717, 1.165) is 5.56 Å². The molecule has 4 heterocycles. The van der Waals surface area contributed by atoms with Crippen LogP contribution in [0.5, 0.6) is 0 Å². The summed E-state index contributed by atoms with van der Waals surface area (Å²) in [5, 5.41) is 3.35. The Hall–Kier alpha value is -3.42. The Balaban J connectivity index is 1.91. The molecule has 0 radical (unpaired) electrons. The fourth-order valence-electron chi connectivity index (χ4n) is 3.68. The van der Waals surface area contributed by atoms with Gasteiger partial charge in [0.1, 0.15) is 11.4 Å². The molecule has 4 rings (SSSR count). The standard InChI is InChI=1S/C21H19F2N5O/c1-3-28-12-14(4-9-19(28)29)20-26-13(2)21(27-20,15-5-7-17(22)24-10-15)16-6-8-18(23)25-11-16/h4-13H,3H2,1-2H3,(H,26,27)/t13-/m0/s1. The number of amidine groups is 1. The highest BCUT2D eigenvalue weighted by Crippen LogP contribution is 2.40. The summed E-state index contributed by atoms with van der Waals surface area (Å²) in [6, 6.07) is 8.70. The van der Waals surface area contributed by atoms with Crippen molar-refractivity contribution in [3.05, 3.63) is 93.9 Å². The molecule has 0 spiro atoms. The number of aromatic nitrogens is 3. The first kappa shape index (κ1) is 18.9. The van der Waals surface area contributed by atoms with Gasteiger partial charge < -0.3 is 9.88 Å². The van der Waals surface area contributed by atoms with E-state index < -0.39 is 17.4 Å². The van der Waals surface area contributed by atoms with Crippen LogP contribution < -0.4 is 10.9 Å². The van der Waals surface area contributed by atoms with Gasteiger partial charge in [0.25, 0.3) is 5.56 Å². The number of rotatable bonds is 4. The van der Waals surface area contributed by atoms with Gasteiger partial charge in [0.05, 0.1) is 6.04 Å². The first-order valence-electron chi connectivity index (χ1n) is 9.25. The second kappa shape index (κ2) is 7.20. The molecule has 1 atom stereocenters. The second-order valence-electron chi connectivity index (χ2n) is 6.87. The van der Waals surface area contributed by atoms with Crippen LogP contribution in [0.25, 0.3) is 0 Å². The van der Waals surface area contributed by atoms with E-state index >= 15 is 0 Å². The van der Waals surface area contributed by atoms with Gasteiger partial charge in [0, 0.05) is 47.9 Å². The molecule has 3 aromatic rings. The van der Waals surface area contributed by atoms with Gasteiger partial charge in [-0.25, -0.2) is 15.0 Å². The number of nitrogens with zero attached hydrogens (tertiary/aromatic N) is 4. The van der Waals surface area contributed by atoms with E-state index in [-0.39, 0.29) is 11.6 Å². The number of aliphatic imine (C=N–C) groups is 1. The monoisotopic (exact) mass is 395 g/mol. The van der Waals surface area contributed by atoms with Crippen molar-refractivity contribution in [3.8, 4) is 0 Å². The number of pyridine rings is 3. The SMILES string of the molecule is CCn1cc(C2=NC(c3ccc(F)nc3)(c3ccc(F)nc3)[C@H](C)N2)ccc1=O. The minimum absolute atomic E-state index is 0.0976. The van der Waals surface area contributed by atoms with E-state index in [1.54, 1.807) is 29.0 Å². The molecular formula is C21H19F2N5O. The number of hydrogen-bond acceptors (Lipinski definition) is 5. The highest BCUT2D eigenvalue weighted by atomic mass is 19.1. The van der Waals surface area contributed by atoms with Gasteiger partial charge in [-0.05, 0) is 32.0 Å². The lowest BCUT2D eigenvalue weighted by Gasteiger charge is -2.31. The summed E-state index contributed by atoms with van der Waals surface area (Å²) < 4.78 is 28.5. The molecular weight excluding hydrogens is 376 g/mol. The summed E-state index contributed by atoms with van der Waals surface area (Å²) in [5.74, 6) is -0.619. The molecule has 0 bridgehead atoms. The molecule has 0 aromatic carbocycles. The third kappa shape index (κ3) is 3.20. The Morgan fingerprint density at radius 2 is 1.66 bits per heavy atom. The van der Waals surface area contributed by atoms with Crippen molar-refractivity contribution in [1.29, 1.82) is 0 Å². The Kier molecular flexibility index (Phi) is 4.70. The van der Waals surface area contributed by atoms with E-state index in [9.17, 15) is 13.6 Å². The average Bonchev–Trinajstić information content (AvgIpc) is 3.07. The Morgan fingerprint density at radius 1 is 1.03 bits per heavy atom. The number of nitrogens with one attached hydrogen (secondary N) is 1. The highest BCUT2D eigenvalue weighted by molar-refractivity contribution is 6.00. The van der Waals surface area contributed by atoms with Crippen LogP contribution >= 0.6 is 0 Å². The molecule has 3 aromatic heterocycles. The summed E-state index contributed by atoms with van der Waals surface area (Å²) in [4.78, 5) is 24.4. The summed E-state index contributed by atoms with van der Waals surface area (Å²) in [6.45, 7) is 4.35. The third-order valence-corrected chi connectivity index (χ3v) is 5.20. The van der Waals surface area contributed by atoms with Crippen LogP contribution in [0, 0.1) is 11.9 Å². The van der Waals surface area contributed by atoms with Crippen LogP contribution in [0.2, 0.25) is 0 Å². The number of aryl methyl sites for hydroxylation is 1. The van der Waals surface area contributed by atoms with Crippen molar-refractivity contribution in [1.82, 2.24) is 19.9 Å². The molecule has 1 aliphatic heterocycles. The summed E-state index contributed by atoms with van der Waals surface area (Å²) in [7, 11) is 0. The van der Waals surface area contributed by atoms with Gasteiger partial charge >= 0.3 is 0 Å². The minimum atomic E-state index is -0.982. The van der Waals surface area contributed by atoms with Gasteiger partial charge in [-0.2, -0.15) is 8.78 Å². The van der Waals surface area contributed by atoms with Gasteiger partial charge in [-0.15, -0.1) is 0 Å². The molecule has 0 saturated carbocycles. The Morgan fingerprint density at radius 3 is 2.17 bits per heavy atom. The van der Waals surface area contributed by atoms with Crippen LogP contribution in [-0.2, 0) is 12.1 Å². The maximum atomic E-state index is 13.5. The van der Waals surface area contributed by atoms with E-state index in [1.807, 2.05) is 13.8 Å². The summed E-state index contributed by atoms with van der Waals surface area (Å²) in [6.07, 6.45) is 4.59. The molecule has 0 fully saturated rings. The molecule has 148 valence electrons. The molecule has 8 heteroatoms. The van der Waals surface area contributed by atoms with E-state index in [4.69, 9.17) is 4.99 Å². The predicted molar refractivity (Wildman–Crippen MR) is 105 cm³/mol. The second-order valence-corrected chi connectivity index (χ2v) is 6.87. The molecule has 1 N–H and O–H groups in total. The Bertz CT molecular complexity index is 1080. The van der Waals surface area contributed by atoms with Gasteiger partial charge in [-0.1, -0.05) is 12.1 Å². The smallest absolute Gasteiger partial charge is 0.250 e. The first-order chi connectivity index (χ1) is 13.9. The predicted octanol–water partition coefficient (Wildman–Crippen LogP) is 2.62.